The van der Waals surface area contributed by atoms with E-state index in [4.69, 9.17) is 11.6 Å². The van der Waals surface area contributed by atoms with Crippen LogP contribution in [0, 0.1) is 0 Å². The minimum absolute atomic E-state index is 0.215. The summed E-state index contributed by atoms with van der Waals surface area (Å²) in [5.74, 6) is 0.254. The first kappa shape index (κ1) is 12.1. The van der Waals surface area contributed by atoms with Gasteiger partial charge in [0.05, 0.1) is 5.02 Å². The molecule has 0 saturated carbocycles. The minimum atomic E-state index is -0.215. The van der Waals surface area contributed by atoms with E-state index < -0.39 is 0 Å². The van der Waals surface area contributed by atoms with E-state index in [1.807, 2.05) is 6.20 Å². The quantitative estimate of drug-likeness (QED) is 0.926. The first-order valence-electron chi connectivity index (χ1n) is 4.81. The fourth-order valence-corrected chi connectivity index (χ4v) is 2.02. The molecule has 0 aliphatic carbocycles. The monoisotopic (exact) mass is 313 g/mol. The van der Waals surface area contributed by atoms with Gasteiger partial charge in [-0.15, -0.1) is 0 Å². The Kier molecular flexibility index (Phi) is 3.49. The standard InChI is InChI=1S/C11H9BrClN3O/c1-16-6-7(12)4-9(16)11(17)15-10-3-2-8(13)5-14-10/h2-6H,1H3,(H,14,15,17). The molecule has 88 valence electrons. The molecule has 4 nitrogen and oxygen atoms in total. The molecule has 2 rings (SSSR count). The molecule has 2 aromatic rings. The molecule has 0 bridgehead atoms. The van der Waals surface area contributed by atoms with Crippen molar-refractivity contribution in [3.8, 4) is 0 Å². The number of hydrogen-bond acceptors (Lipinski definition) is 2. The highest BCUT2D eigenvalue weighted by molar-refractivity contribution is 9.10. The van der Waals surface area contributed by atoms with Crippen molar-refractivity contribution in [2.45, 2.75) is 0 Å². The summed E-state index contributed by atoms with van der Waals surface area (Å²) in [7, 11) is 1.80. The average Bonchev–Trinajstić information content (AvgIpc) is 2.61. The van der Waals surface area contributed by atoms with Gasteiger partial charge in [0.2, 0.25) is 0 Å². The van der Waals surface area contributed by atoms with E-state index in [9.17, 15) is 4.79 Å². The molecule has 0 spiro atoms. The van der Waals surface area contributed by atoms with Gasteiger partial charge in [0.1, 0.15) is 11.5 Å². The summed E-state index contributed by atoms with van der Waals surface area (Å²) in [4.78, 5) is 15.9. The van der Waals surface area contributed by atoms with Crippen molar-refractivity contribution in [3.63, 3.8) is 0 Å². The third-order valence-corrected chi connectivity index (χ3v) is 2.83. The summed E-state index contributed by atoms with van der Waals surface area (Å²) in [5, 5.41) is 3.22. The van der Waals surface area contributed by atoms with Crippen LogP contribution in [0.5, 0.6) is 0 Å². The van der Waals surface area contributed by atoms with Crippen molar-refractivity contribution in [3.05, 3.63) is 45.8 Å². The maximum absolute atomic E-state index is 11.9. The second-order valence-electron chi connectivity index (χ2n) is 3.47. The molecular formula is C11H9BrClN3O. The highest BCUT2D eigenvalue weighted by Gasteiger charge is 2.11. The summed E-state index contributed by atoms with van der Waals surface area (Å²) in [5.41, 5.74) is 0.550. The molecule has 0 atom stereocenters. The van der Waals surface area contributed by atoms with E-state index in [2.05, 4.69) is 26.2 Å². The predicted octanol–water partition coefficient (Wildman–Crippen LogP) is 3.09. The topological polar surface area (TPSA) is 46.9 Å². The Bertz CT molecular complexity index is 550. The van der Waals surface area contributed by atoms with Crippen LogP contribution in [0.15, 0.2) is 35.1 Å². The maximum Gasteiger partial charge on any atom is 0.273 e. The van der Waals surface area contributed by atoms with E-state index in [0.29, 0.717) is 16.5 Å². The molecule has 2 aromatic heterocycles. The number of aryl methyl sites for hydroxylation is 1. The van der Waals surface area contributed by atoms with E-state index in [-0.39, 0.29) is 5.91 Å². The number of halogens is 2. The van der Waals surface area contributed by atoms with E-state index in [0.717, 1.165) is 4.47 Å². The number of carbonyl (C=O) groups is 1. The highest BCUT2D eigenvalue weighted by atomic mass is 79.9. The molecule has 0 aromatic carbocycles. The molecule has 0 unspecified atom stereocenters. The first-order chi connectivity index (χ1) is 8.06. The Balaban J connectivity index is 2.17. The van der Waals surface area contributed by atoms with Crippen molar-refractivity contribution >= 4 is 39.3 Å². The number of anilines is 1. The molecule has 0 saturated heterocycles. The van der Waals surface area contributed by atoms with Crippen LogP contribution in [0.4, 0.5) is 5.82 Å². The number of rotatable bonds is 2. The third kappa shape index (κ3) is 2.87. The third-order valence-electron chi connectivity index (χ3n) is 2.17. The van der Waals surface area contributed by atoms with Crippen LogP contribution < -0.4 is 5.32 Å². The number of pyridine rings is 1. The summed E-state index contributed by atoms with van der Waals surface area (Å²) >= 11 is 9.02. The van der Waals surface area contributed by atoms with Crippen molar-refractivity contribution in [2.75, 3.05) is 5.32 Å². The lowest BCUT2D eigenvalue weighted by Crippen LogP contribution is -2.15. The van der Waals surface area contributed by atoms with Gasteiger partial charge in [0, 0.05) is 23.9 Å². The summed E-state index contributed by atoms with van der Waals surface area (Å²) in [6, 6.07) is 5.06. The van der Waals surface area contributed by atoms with Gasteiger partial charge in [-0.1, -0.05) is 11.6 Å². The first-order valence-corrected chi connectivity index (χ1v) is 5.98. The Morgan fingerprint density at radius 3 is 2.82 bits per heavy atom. The number of nitrogens with one attached hydrogen (secondary N) is 1. The lowest BCUT2D eigenvalue weighted by molar-refractivity contribution is 0.101. The largest absolute Gasteiger partial charge is 0.345 e. The Morgan fingerprint density at radius 1 is 1.53 bits per heavy atom. The zero-order chi connectivity index (χ0) is 12.4. The number of hydrogen-bond donors (Lipinski definition) is 1. The Morgan fingerprint density at radius 2 is 2.29 bits per heavy atom. The highest BCUT2D eigenvalue weighted by Crippen LogP contribution is 2.15. The van der Waals surface area contributed by atoms with E-state index in [1.54, 1.807) is 29.8 Å². The molecule has 1 amide bonds. The van der Waals surface area contributed by atoms with Crippen LogP contribution in [0.1, 0.15) is 10.5 Å². The number of nitrogens with zero attached hydrogens (tertiary/aromatic N) is 2. The van der Waals surface area contributed by atoms with Gasteiger partial charge in [0.15, 0.2) is 0 Å². The van der Waals surface area contributed by atoms with Gasteiger partial charge >= 0.3 is 0 Å². The lowest BCUT2D eigenvalue weighted by atomic mass is 10.4. The maximum atomic E-state index is 11.9. The molecule has 0 aliphatic heterocycles. The van der Waals surface area contributed by atoms with Crippen LogP contribution in [0.3, 0.4) is 0 Å². The SMILES string of the molecule is Cn1cc(Br)cc1C(=O)Nc1ccc(Cl)cn1. The number of amides is 1. The number of carbonyl (C=O) groups excluding carboxylic acids is 1. The van der Waals surface area contributed by atoms with Crippen LogP contribution in [0.2, 0.25) is 5.02 Å². The number of aromatic nitrogens is 2. The summed E-state index contributed by atoms with van der Waals surface area (Å²) in [6.07, 6.45) is 3.29. The van der Waals surface area contributed by atoms with E-state index in [1.165, 1.54) is 6.20 Å². The van der Waals surface area contributed by atoms with Crippen LogP contribution in [0.25, 0.3) is 0 Å². The average molecular weight is 315 g/mol. The van der Waals surface area contributed by atoms with Crippen molar-refractivity contribution in [1.29, 1.82) is 0 Å². The zero-order valence-electron chi connectivity index (χ0n) is 8.95. The normalized spacial score (nSPS) is 10.3. The second-order valence-corrected chi connectivity index (χ2v) is 4.82. The van der Waals surface area contributed by atoms with Gasteiger partial charge in [0.25, 0.3) is 5.91 Å². The molecule has 0 fully saturated rings. The van der Waals surface area contributed by atoms with Gasteiger partial charge in [-0.2, -0.15) is 0 Å². The van der Waals surface area contributed by atoms with Gasteiger partial charge in [-0.25, -0.2) is 4.98 Å². The fourth-order valence-electron chi connectivity index (χ4n) is 1.38. The Hall–Kier alpha value is -1.33. The van der Waals surface area contributed by atoms with Gasteiger partial charge < -0.3 is 9.88 Å². The molecule has 1 N–H and O–H groups in total. The van der Waals surface area contributed by atoms with Crippen LogP contribution >= 0.6 is 27.5 Å². The second kappa shape index (κ2) is 4.89. The van der Waals surface area contributed by atoms with Crippen LogP contribution in [-0.4, -0.2) is 15.5 Å². The molecule has 6 heteroatoms. The van der Waals surface area contributed by atoms with E-state index >= 15 is 0 Å². The van der Waals surface area contributed by atoms with Crippen LogP contribution in [-0.2, 0) is 7.05 Å². The summed E-state index contributed by atoms with van der Waals surface area (Å²) in [6.45, 7) is 0. The molecule has 0 aliphatic rings. The smallest absolute Gasteiger partial charge is 0.273 e. The molecule has 2 heterocycles. The fraction of sp³-hybridized carbons (Fsp3) is 0.0909. The molecular weight excluding hydrogens is 305 g/mol. The minimum Gasteiger partial charge on any atom is -0.345 e. The molecule has 17 heavy (non-hydrogen) atoms. The zero-order valence-corrected chi connectivity index (χ0v) is 11.3. The lowest BCUT2D eigenvalue weighted by Gasteiger charge is -2.04. The predicted molar refractivity (Wildman–Crippen MR) is 70.3 cm³/mol. The van der Waals surface area contributed by atoms with Crippen molar-refractivity contribution < 1.29 is 4.79 Å². The van der Waals surface area contributed by atoms with Crippen molar-refractivity contribution in [1.82, 2.24) is 9.55 Å². The summed E-state index contributed by atoms with van der Waals surface area (Å²) < 4.78 is 2.59. The van der Waals surface area contributed by atoms with Gasteiger partial charge in [-0.05, 0) is 34.1 Å². The van der Waals surface area contributed by atoms with Gasteiger partial charge in [-0.3, -0.25) is 4.79 Å². The molecule has 0 radical (unpaired) electrons. The van der Waals surface area contributed by atoms with Crippen molar-refractivity contribution in [2.24, 2.45) is 7.05 Å². The Labute approximate surface area is 112 Å².